The molecular weight excluding hydrogens is 471 g/mol. The Hall–Kier alpha value is -3.80. The Kier molecular flexibility index (Phi) is 5.97. The van der Waals surface area contributed by atoms with Crippen molar-refractivity contribution in [1.82, 2.24) is 4.98 Å². The average Bonchev–Trinajstić information content (AvgIpc) is 3.47. The lowest BCUT2D eigenvalue weighted by molar-refractivity contribution is -0.111. The number of oxazole rings is 1. The molecule has 0 radical (unpaired) electrons. The predicted octanol–water partition coefficient (Wildman–Crippen LogP) is 8.02. The number of benzene rings is 3. The molecule has 1 amide bonds. The largest absolute Gasteiger partial charge is 0.457 e. The second-order valence-corrected chi connectivity index (χ2v) is 8.52. The fourth-order valence-electron chi connectivity index (χ4n) is 3.51. The van der Waals surface area contributed by atoms with Crippen LogP contribution < -0.4 is 5.32 Å². The number of carbonyl (C=O) groups is 1. The molecule has 3 aromatic carbocycles. The van der Waals surface area contributed by atoms with Gasteiger partial charge in [0.05, 0.1) is 5.02 Å². The summed E-state index contributed by atoms with van der Waals surface area (Å²) in [6.45, 7) is 1.91. The van der Waals surface area contributed by atoms with Crippen molar-refractivity contribution < 1.29 is 13.6 Å². The lowest BCUT2D eigenvalue weighted by Gasteiger charge is -2.07. The van der Waals surface area contributed by atoms with Crippen molar-refractivity contribution in [3.63, 3.8) is 0 Å². The van der Waals surface area contributed by atoms with Gasteiger partial charge < -0.3 is 14.2 Å². The van der Waals surface area contributed by atoms with Crippen molar-refractivity contribution in [2.45, 2.75) is 6.92 Å². The van der Waals surface area contributed by atoms with Crippen molar-refractivity contribution in [2.24, 2.45) is 0 Å². The van der Waals surface area contributed by atoms with Crippen LogP contribution in [0.25, 0.3) is 40.0 Å². The highest BCUT2D eigenvalue weighted by atomic mass is 35.5. The number of hydrogen-bond acceptors (Lipinski definition) is 4. The van der Waals surface area contributed by atoms with E-state index >= 15 is 0 Å². The molecular formula is C27H18Cl2N2O3. The van der Waals surface area contributed by atoms with E-state index in [2.05, 4.69) is 10.3 Å². The van der Waals surface area contributed by atoms with Crippen LogP contribution in [-0.2, 0) is 4.79 Å². The summed E-state index contributed by atoms with van der Waals surface area (Å²) in [6, 6.07) is 22.3. The van der Waals surface area contributed by atoms with Gasteiger partial charge in [-0.3, -0.25) is 4.79 Å². The maximum atomic E-state index is 12.6. The van der Waals surface area contributed by atoms with Crippen LogP contribution in [0.1, 0.15) is 11.3 Å². The van der Waals surface area contributed by atoms with Crippen LogP contribution in [0.2, 0.25) is 10.0 Å². The molecule has 0 saturated carbocycles. The number of nitrogens with zero attached hydrogens (tertiary/aromatic N) is 1. The minimum absolute atomic E-state index is 0.287. The summed E-state index contributed by atoms with van der Waals surface area (Å²) >= 11 is 12.3. The first-order valence-electron chi connectivity index (χ1n) is 10.5. The number of anilines is 1. The van der Waals surface area contributed by atoms with E-state index in [1.807, 2.05) is 67.6 Å². The van der Waals surface area contributed by atoms with Gasteiger partial charge in [0.25, 0.3) is 0 Å². The molecule has 0 aliphatic rings. The van der Waals surface area contributed by atoms with Gasteiger partial charge in [0.2, 0.25) is 11.8 Å². The maximum Gasteiger partial charge on any atom is 0.248 e. The number of aryl methyl sites for hydroxylation is 1. The minimum Gasteiger partial charge on any atom is -0.457 e. The van der Waals surface area contributed by atoms with Crippen LogP contribution in [0, 0.1) is 6.92 Å². The fraction of sp³-hybridized carbons (Fsp3) is 0.0370. The van der Waals surface area contributed by atoms with Gasteiger partial charge in [0.1, 0.15) is 17.0 Å². The molecule has 0 unspecified atom stereocenters. The standard InChI is InChI=1S/C27H18Cl2N2O3/c1-16-7-8-18(27-31-23-15-19(28)14-21(29)26(23)34-27)13-22(16)30-25(32)12-10-20-9-11-24(33-20)17-5-3-2-4-6-17/h2-15H,1H3,(H,30,32). The Balaban J connectivity index is 1.34. The first kappa shape index (κ1) is 22.0. The summed E-state index contributed by atoms with van der Waals surface area (Å²) in [5, 5.41) is 3.77. The summed E-state index contributed by atoms with van der Waals surface area (Å²) in [7, 11) is 0. The van der Waals surface area contributed by atoms with Gasteiger partial charge in [-0.05, 0) is 55.0 Å². The summed E-state index contributed by atoms with van der Waals surface area (Å²) in [5.74, 6) is 1.42. The van der Waals surface area contributed by atoms with E-state index in [9.17, 15) is 4.79 Å². The molecule has 5 rings (SSSR count). The second-order valence-electron chi connectivity index (χ2n) is 7.68. The summed E-state index contributed by atoms with van der Waals surface area (Å²) < 4.78 is 11.7. The normalized spacial score (nSPS) is 11.4. The zero-order chi connectivity index (χ0) is 23.7. The number of furan rings is 1. The third-order valence-corrected chi connectivity index (χ3v) is 5.73. The number of halogens is 2. The average molecular weight is 489 g/mol. The molecule has 1 N–H and O–H groups in total. The third kappa shape index (κ3) is 4.62. The highest BCUT2D eigenvalue weighted by Crippen LogP contribution is 2.33. The van der Waals surface area contributed by atoms with Gasteiger partial charge in [-0.15, -0.1) is 0 Å². The molecule has 0 aliphatic carbocycles. The third-order valence-electron chi connectivity index (χ3n) is 5.24. The smallest absolute Gasteiger partial charge is 0.248 e. The van der Waals surface area contributed by atoms with Crippen molar-refractivity contribution in [2.75, 3.05) is 5.32 Å². The van der Waals surface area contributed by atoms with Crippen LogP contribution in [0.5, 0.6) is 0 Å². The van der Waals surface area contributed by atoms with Gasteiger partial charge in [-0.1, -0.05) is 59.6 Å². The van der Waals surface area contributed by atoms with Crippen LogP contribution in [0.4, 0.5) is 5.69 Å². The van der Waals surface area contributed by atoms with Gasteiger partial charge in [0, 0.05) is 27.9 Å². The van der Waals surface area contributed by atoms with E-state index in [-0.39, 0.29) is 5.91 Å². The van der Waals surface area contributed by atoms with Gasteiger partial charge in [-0.2, -0.15) is 0 Å². The number of fused-ring (bicyclic) bond motifs is 1. The number of nitrogens with one attached hydrogen (secondary N) is 1. The Bertz CT molecular complexity index is 1530. The topological polar surface area (TPSA) is 68.3 Å². The molecule has 0 aliphatic heterocycles. The molecule has 0 bridgehead atoms. The number of aromatic nitrogens is 1. The van der Waals surface area contributed by atoms with Gasteiger partial charge >= 0.3 is 0 Å². The quantitative estimate of drug-likeness (QED) is 0.254. The Morgan fingerprint density at radius 1 is 0.941 bits per heavy atom. The van der Waals surface area contributed by atoms with Gasteiger partial charge in [0.15, 0.2) is 5.58 Å². The van der Waals surface area contributed by atoms with Crippen molar-refractivity contribution in [3.05, 3.63) is 100 Å². The molecule has 0 spiro atoms. The molecule has 34 heavy (non-hydrogen) atoms. The molecule has 0 atom stereocenters. The van der Waals surface area contributed by atoms with Crippen molar-refractivity contribution in [1.29, 1.82) is 0 Å². The number of hydrogen-bond donors (Lipinski definition) is 1. The number of rotatable bonds is 5. The van der Waals surface area contributed by atoms with Crippen molar-refractivity contribution in [3.8, 4) is 22.8 Å². The first-order chi connectivity index (χ1) is 16.5. The fourth-order valence-corrected chi connectivity index (χ4v) is 4.03. The van der Waals surface area contributed by atoms with E-state index in [1.54, 1.807) is 18.2 Å². The highest BCUT2D eigenvalue weighted by molar-refractivity contribution is 6.38. The predicted molar refractivity (Wildman–Crippen MR) is 136 cm³/mol. The molecule has 2 aromatic heterocycles. The summed E-state index contributed by atoms with van der Waals surface area (Å²) in [4.78, 5) is 17.1. The zero-order valence-electron chi connectivity index (χ0n) is 18.0. The molecule has 168 valence electrons. The SMILES string of the molecule is Cc1ccc(-c2nc3cc(Cl)cc(Cl)c3o2)cc1NC(=O)C=Cc1ccc(-c2ccccc2)o1. The molecule has 5 nitrogen and oxygen atoms in total. The van der Waals surface area contributed by atoms with E-state index in [4.69, 9.17) is 32.0 Å². The minimum atomic E-state index is -0.287. The lowest BCUT2D eigenvalue weighted by atomic mass is 10.1. The first-order valence-corrected chi connectivity index (χ1v) is 11.2. The van der Waals surface area contributed by atoms with E-state index in [0.717, 1.165) is 16.9 Å². The lowest BCUT2D eigenvalue weighted by Crippen LogP contribution is -2.09. The summed E-state index contributed by atoms with van der Waals surface area (Å²) in [5.41, 5.74) is 4.24. The monoisotopic (exact) mass is 488 g/mol. The van der Waals surface area contributed by atoms with Crippen LogP contribution in [0.3, 0.4) is 0 Å². The van der Waals surface area contributed by atoms with Gasteiger partial charge in [-0.25, -0.2) is 4.98 Å². The van der Waals surface area contributed by atoms with Crippen LogP contribution in [0.15, 0.2) is 87.7 Å². The molecule has 2 heterocycles. The molecule has 7 heteroatoms. The highest BCUT2D eigenvalue weighted by Gasteiger charge is 2.14. The second kappa shape index (κ2) is 9.21. The van der Waals surface area contributed by atoms with Crippen molar-refractivity contribution >= 4 is 52.0 Å². The molecule has 0 fully saturated rings. The maximum absolute atomic E-state index is 12.6. The Labute approximate surface area is 205 Å². The van der Waals surface area contributed by atoms with E-state index in [0.29, 0.717) is 44.0 Å². The Morgan fingerprint density at radius 2 is 1.76 bits per heavy atom. The molecule has 0 saturated heterocycles. The molecule has 5 aromatic rings. The van der Waals surface area contributed by atoms with Crippen LogP contribution >= 0.6 is 23.2 Å². The van der Waals surface area contributed by atoms with E-state index in [1.165, 1.54) is 6.08 Å². The Morgan fingerprint density at radius 3 is 2.59 bits per heavy atom. The zero-order valence-corrected chi connectivity index (χ0v) is 19.5. The summed E-state index contributed by atoms with van der Waals surface area (Å²) in [6.07, 6.45) is 3.06. The van der Waals surface area contributed by atoms with Crippen LogP contribution in [-0.4, -0.2) is 10.9 Å². The number of carbonyl (C=O) groups excluding carboxylic acids is 1. The number of amides is 1. The van der Waals surface area contributed by atoms with E-state index < -0.39 is 0 Å².